The largest absolute Gasteiger partial charge is 0.411 e. The Labute approximate surface area is 102 Å². The van der Waals surface area contributed by atoms with Crippen molar-refractivity contribution in [1.29, 1.82) is 0 Å². The molecule has 2 heteroatoms. The highest BCUT2D eigenvalue weighted by atomic mass is 16.4. The molecule has 1 N–H and O–H groups in total. The second kappa shape index (κ2) is 5.91. The van der Waals surface area contributed by atoms with Crippen molar-refractivity contribution >= 4 is 6.21 Å². The van der Waals surface area contributed by atoms with Crippen molar-refractivity contribution in [2.75, 3.05) is 0 Å². The van der Waals surface area contributed by atoms with Gasteiger partial charge < -0.3 is 5.21 Å². The SMILES string of the molecule is O/N=C/C1=C(C#Cc2ccccc2)CCCC1. The van der Waals surface area contributed by atoms with E-state index in [2.05, 4.69) is 17.0 Å². The maximum Gasteiger partial charge on any atom is 0.0702 e. The van der Waals surface area contributed by atoms with Crippen LogP contribution < -0.4 is 0 Å². The predicted molar refractivity (Wildman–Crippen MR) is 69.1 cm³/mol. The first kappa shape index (κ1) is 11.5. The molecule has 1 aliphatic rings. The van der Waals surface area contributed by atoms with E-state index in [9.17, 15) is 0 Å². The molecular formula is C15H15NO. The molecule has 0 saturated carbocycles. The Kier molecular flexibility index (Phi) is 3.99. The maximum absolute atomic E-state index is 8.61. The lowest BCUT2D eigenvalue weighted by molar-refractivity contribution is 0.321. The van der Waals surface area contributed by atoms with Gasteiger partial charge in [-0.25, -0.2) is 0 Å². The Balaban J connectivity index is 2.24. The molecule has 0 unspecified atom stereocenters. The fourth-order valence-corrected chi connectivity index (χ4v) is 1.95. The smallest absolute Gasteiger partial charge is 0.0702 e. The standard InChI is InChI=1S/C15H15NO/c17-16-12-15-9-5-4-8-14(15)11-10-13-6-2-1-3-7-13/h1-3,6-7,12,17H,4-5,8-9H2/b16-12+. The van der Waals surface area contributed by atoms with Crippen molar-refractivity contribution < 1.29 is 5.21 Å². The van der Waals surface area contributed by atoms with Gasteiger partial charge in [-0.15, -0.1) is 0 Å². The second-order valence-electron chi connectivity index (χ2n) is 4.07. The van der Waals surface area contributed by atoms with E-state index in [-0.39, 0.29) is 0 Å². The average Bonchev–Trinajstić information content (AvgIpc) is 2.39. The van der Waals surface area contributed by atoms with Crippen molar-refractivity contribution in [3.63, 3.8) is 0 Å². The predicted octanol–water partition coefficient (Wildman–Crippen LogP) is 3.37. The van der Waals surface area contributed by atoms with Gasteiger partial charge >= 0.3 is 0 Å². The third-order valence-corrected chi connectivity index (χ3v) is 2.86. The molecule has 0 aliphatic heterocycles. The summed E-state index contributed by atoms with van der Waals surface area (Å²) in [7, 11) is 0. The molecule has 17 heavy (non-hydrogen) atoms. The molecule has 1 aromatic carbocycles. The lowest BCUT2D eigenvalue weighted by Gasteiger charge is -2.12. The maximum atomic E-state index is 8.61. The Hall–Kier alpha value is -2.01. The summed E-state index contributed by atoms with van der Waals surface area (Å²) in [6.45, 7) is 0. The first-order chi connectivity index (χ1) is 8.40. The highest BCUT2D eigenvalue weighted by Gasteiger charge is 2.09. The van der Waals surface area contributed by atoms with Gasteiger partial charge in [-0.05, 0) is 43.4 Å². The molecule has 0 amide bonds. The summed E-state index contributed by atoms with van der Waals surface area (Å²) in [5.41, 5.74) is 3.20. The summed E-state index contributed by atoms with van der Waals surface area (Å²) in [5, 5.41) is 11.7. The van der Waals surface area contributed by atoms with Gasteiger partial charge in [0.25, 0.3) is 0 Å². The summed E-state index contributed by atoms with van der Waals surface area (Å²) >= 11 is 0. The molecule has 0 spiro atoms. The summed E-state index contributed by atoms with van der Waals surface area (Å²) < 4.78 is 0. The Morgan fingerprint density at radius 3 is 2.59 bits per heavy atom. The van der Waals surface area contributed by atoms with Crippen LogP contribution >= 0.6 is 0 Å². The summed E-state index contributed by atoms with van der Waals surface area (Å²) in [6.07, 6.45) is 5.79. The molecule has 0 bridgehead atoms. The van der Waals surface area contributed by atoms with Crippen LogP contribution in [0.25, 0.3) is 0 Å². The van der Waals surface area contributed by atoms with E-state index in [1.807, 2.05) is 30.3 Å². The van der Waals surface area contributed by atoms with Crippen LogP contribution in [0.5, 0.6) is 0 Å². The number of hydrogen-bond donors (Lipinski definition) is 1. The van der Waals surface area contributed by atoms with E-state index in [0.717, 1.165) is 36.0 Å². The van der Waals surface area contributed by atoms with Crippen molar-refractivity contribution in [2.45, 2.75) is 25.7 Å². The number of benzene rings is 1. The van der Waals surface area contributed by atoms with Crippen molar-refractivity contribution in [2.24, 2.45) is 5.16 Å². The van der Waals surface area contributed by atoms with Crippen LogP contribution in [0.4, 0.5) is 0 Å². The fraction of sp³-hybridized carbons (Fsp3) is 0.267. The second-order valence-corrected chi connectivity index (χ2v) is 4.07. The van der Waals surface area contributed by atoms with Crippen LogP contribution in [0, 0.1) is 11.8 Å². The molecule has 0 atom stereocenters. The molecule has 1 aliphatic carbocycles. The normalized spacial score (nSPS) is 15.8. The zero-order valence-corrected chi connectivity index (χ0v) is 9.69. The van der Waals surface area contributed by atoms with E-state index in [0.29, 0.717) is 0 Å². The molecule has 2 rings (SSSR count). The van der Waals surface area contributed by atoms with E-state index in [4.69, 9.17) is 5.21 Å². The van der Waals surface area contributed by atoms with Gasteiger partial charge in [0.15, 0.2) is 0 Å². The fourth-order valence-electron chi connectivity index (χ4n) is 1.95. The van der Waals surface area contributed by atoms with E-state index in [1.165, 1.54) is 12.6 Å². The van der Waals surface area contributed by atoms with Gasteiger partial charge in [0, 0.05) is 11.1 Å². The number of rotatable bonds is 1. The summed E-state index contributed by atoms with van der Waals surface area (Å²) in [6, 6.07) is 9.94. The van der Waals surface area contributed by atoms with Gasteiger partial charge in [-0.1, -0.05) is 35.2 Å². The van der Waals surface area contributed by atoms with E-state index in [1.54, 1.807) is 0 Å². The Morgan fingerprint density at radius 2 is 1.82 bits per heavy atom. The molecule has 0 fully saturated rings. The Bertz CT molecular complexity index is 489. The molecule has 0 aromatic heterocycles. The average molecular weight is 225 g/mol. The van der Waals surface area contributed by atoms with Gasteiger partial charge in [0.05, 0.1) is 6.21 Å². The van der Waals surface area contributed by atoms with Gasteiger partial charge in [0.2, 0.25) is 0 Å². The van der Waals surface area contributed by atoms with Crippen LogP contribution in [0.2, 0.25) is 0 Å². The molecular weight excluding hydrogens is 210 g/mol. The van der Waals surface area contributed by atoms with Gasteiger partial charge in [-0.3, -0.25) is 0 Å². The highest BCUT2D eigenvalue weighted by Crippen LogP contribution is 2.22. The first-order valence-electron chi connectivity index (χ1n) is 5.86. The van der Waals surface area contributed by atoms with Crippen LogP contribution in [-0.4, -0.2) is 11.4 Å². The molecule has 0 radical (unpaired) electrons. The van der Waals surface area contributed by atoms with E-state index < -0.39 is 0 Å². The summed E-state index contributed by atoms with van der Waals surface area (Å²) in [4.78, 5) is 0. The minimum atomic E-state index is 0.961. The third kappa shape index (κ3) is 3.22. The highest BCUT2D eigenvalue weighted by molar-refractivity contribution is 5.81. The molecule has 1 aromatic rings. The van der Waals surface area contributed by atoms with Crippen molar-refractivity contribution in [1.82, 2.24) is 0 Å². The van der Waals surface area contributed by atoms with Crippen LogP contribution in [0.1, 0.15) is 31.2 Å². The first-order valence-corrected chi connectivity index (χ1v) is 5.86. The minimum absolute atomic E-state index is 0.961. The Morgan fingerprint density at radius 1 is 1.06 bits per heavy atom. The molecule has 2 nitrogen and oxygen atoms in total. The van der Waals surface area contributed by atoms with Crippen LogP contribution in [0.15, 0.2) is 46.6 Å². The number of allylic oxidation sites excluding steroid dienone is 2. The van der Waals surface area contributed by atoms with Crippen LogP contribution in [0.3, 0.4) is 0 Å². The van der Waals surface area contributed by atoms with Crippen LogP contribution in [-0.2, 0) is 0 Å². The monoisotopic (exact) mass is 225 g/mol. The zero-order valence-electron chi connectivity index (χ0n) is 9.69. The van der Waals surface area contributed by atoms with Crippen molar-refractivity contribution in [3.05, 3.63) is 47.0 Å². The number of oxime groups is 1. The molecule has 0 saturated heterocycles. The van der Waals surface area contributed by atoms with E-state index >= 15 is 0 Å². The quantitative estimate of drug-likeness (QED) is 0.338. The topological polar surface area (TPSA) is 32.6 Å². The van der Waals surface area contributed by atoms with Crippen molar-refractivity contribution in [3.8, 4) is 11.8 Å². The summed E-state index contributed by atoms with van der Waals surface area (Å²) in [5.74, 6) is 6.35. The lowest BCUT2D eigenvalue weighted by Crippen LogP contribution is -1.99. The third-order valence-electron chi connectivity index (χ3n) is 2.86. The number of nitrogens with zero attached hydrogens (tertiary/aromatic N) is 1. The number of hydrogen-bond acceptors (Lipinski definition) is 2. The molecule has 0 heterocycles. The lowest BCUT2D eigenvalue weighted by atomic mass is 9.92. The zero-order chi connectivity index (χ0) is 11.9. The molecule has 86 valence electrons. The van der Waals surface area contributed by atoms with Gasteiger partial charge in [-0.2, -0.15) is 0 Å². The van der Waals surface area contributed by atoms with Gasteiger partial charge in [0.1, 0.15) is 0 Å². The minimum Gasteiger partial charge on any atom is -0.411 e.